The maximum atomic E-state index is 12.6. The molecule has 0 saturated carbocycles. The van der Waals surface area contributed by atoms with Gasteiger partial charge in [0.15, 0.2) is 0 Å². The number of hydrogen-bond donors (Lipinski definition) is 1. The second kappa shape index (κ2) is 9.76. The van der Waals surface area contributed by atoms with E-state index in [2.05, 4.69) is 5.32 Å². The lowest BCUT2D eigenvalue weighted by Gasteiger charge is -2.23. The van der Waals surface area contributed by atoms with E-state index in [1.54, 1.807) is 0 Å². The average molecular weight is 368 g/mol. The topological polar surface area (TPSA) is 58.6 Å². The second-order valence-corrected chi connectivity index (χ2v) is 6.47. The Morgan fingerprint density at radius 1 is 1.11 bits per heavy atom. The summed E-state index contributed by atoms with van der Waals surface area (Å²) >= 11 is 0. The van der Waals surface area contributed by atoms with Crippen molar-refractivity contribution < 1.29 is 14.3 Å². The lowest BCUT2D eigenvalue weighted by atomic mass is 10.0. The molecule has 0 aliphatic heterocycles. The first-order chi connectivity index (χ1) is 13.0. The van der Waals surface area contributed by atoms with Crippen LogP contribution < -0.4 is 10.1 Å². The molecule has 0 aliphatic carbocycles. The van der Waals surface area contributed by atoms with Crippen LogP contribution in [-0.4, -0.2) is 29.9 Å². The van der Waals surface area contributed by atoms with Gasteiger partial charge in [0.25, 0.3) is 0 Å². The highest BCUT2D eigenvalue weighted by Gasteiger charge is 2.23. The van der Waals surface area contributed by atoms with E-state index in [1.165, 1.54) is 4.90 Å². The second-order valence-electron chi connectivity index (χ2n) is 6.47. The molecule has 5 nitrogen and oxygen atoms in total. The van der Waals surface area contributed by atoms with Crippen LogP contribution in [0.1, 0.15) is 43.5 Å². The number of hydrogen-bond acceptors (Lipinski definition) is 3. The van der Waals surface area contributed by atoms with E-state index in [0.717, 1.165) is 22.4 Å². The van der Waals surface area contributed by atoms with Crippen molar-refractivity contribution in [3.8, 4) is 5.75 Å². The summed E-state index contributed by atoms with van der Waals surface area (Å²) < 4.78 is 5.66. The lowest BCUT2D eigenvalue weighted by Crippen LogP contribution is -2.43. The van der Waals surface area contributed by atoms with E-state index >= 15 is 0 Å². The normalized spacial score (nSPS) is 11.6. The van der Waals surface area contributed by atoms with Crippen LogP contribution in [0.2, 0.25) is 0 Å². The van der Waals surface area contributed by atoms with Crippen molar-refractivity contribution >= 4 is 11.8 Å². The number of rotatable bonds is 7. The van der Waals surface area contributed by atoms with Gasteiger partial charge < -0.3 is 15.0 Å². The Kier molecular flexibility index (Phi) is 7.41. The number of carbonyl (C=O) groups is 2. The maximum Gasteiger partial charge on any atom is 0.312 e. The molecule has 0 spiro atoms. The van der Waals surface area contributed by atoms with Gasteiger partial charge in [-0.15, -0.1) is 0 Å². The van der Waals surface area contributed by atoms with Crippen molar-refractivity contribution in [2.75, 3.05) is 13.2 Å². The number of aryl methyl sites for hydroxylation is 1. The van der Waals surface area contributed by atoms with Crippen LogP contribution in [0.25, 0.3) is 0 Å². The quantitative estimate of drug-likeness (QED) is 0.760. The van der Waals surface area contributed by atoms with E-state index in [9.17, 15) is 9.59 Å². The minimum atomic E-state index is -0.607. The largest absolute Gasteiger partial charge is 0.494 e. The molecular weight excluding hydrogens is 340 g/mol. The first-order valence-electron chi connectivity index (χ1n) is 9.33. The predicted molar refractivity (Wildman–Crippen MR) is 106 cm³/mol. The number of amides is 2. The van der Waals surface area contributed by atoms with Crippen LogP contribution in [-0.2, 0) is 16.1 Å². The van der Waals surface area contributed by atoms with Gasteiger partial charge in [0.2, 0.25) is 0 Å². The summed E-state index contributed by atoms with van der Waals surface area (Å²) in [5.41, 5.74) is 2.93. The number of nitrogens with one attached hydrogen (secondary N) is 1. The average Bonchev–Trinajstić information content (AvgIpc) is 2.67. The fraction of sp³-hybridized carbons (Fsp3) is 0.364. The van der Waals surface area contributed by atoms with Crippen LogP contribution in [0.15, 0.2) is 48.5 Å². The van der Waals surface area contributed by atoms with Gasteiger partial charge >= 0.3 is 11.8 Å². The van der Waals surface area contributed by atoms with Gasteiger partial charge in [-0.2, -0.15) is 0 Å². The summed E-state index contributed by atoms with van der Waals surface area (Å²) in [6, 6.07) is 15.1. The van der Waals surface area contributed by atoms with Gasteiger partial charge in [-0.3, -0.25) is 9.59 Å². The minimum absolute atomic E-state index is 0.335. The Labute approximate surface area is 161 Å². The van der Waals surface area contributed by atoms with E-state index < -0.39 is 11.8 Å². The Morgan fingerprint density at radius 3 is 2.44 bits per heavy atom. The lowest BCUT2D eigenvalue weighted by molar-refractivity contribution is -0.146. The van der Waals surface area contributed by atoms with Crippen LogP contribution in [0, 0.1) is 6.92 Å². The Bertz CT molecular complexity index is 774. The van der Waals surface area contributed by atoms with Crippen molar-refractivity contribution in [1.82, 2.24) is 10.2 Å². The highest BCUT2D eigenvalue weighted by molar-refractivity contribution is 6.35. The number of ether oxygens (including phenoxy) is 1. The fourth-order valence-corrected chi connectivity index (χ4v) is 2.90. The molecule has 5 heteroatoms. The molecule has 0 aliphatic rings. The van der Waals surface area contributed by atoms with Gasteiger partial charge in [0.05, 0.1) is 12.6 Å². The Morgan fingerprint density at radius 2 is 1.81 bits per heavy atom. The molecule has 0 bridgehead atoms. The van der Waals surface area contributed by atoms with Crippen molar-refractivity contribution in [3.05, 3.63) is 65.2 Å². The molecule has 0 aromatic heterocycles. The van der Waals surface area contributed by atoms with Crippen LogP contribution in [0.5, 0.6) is 5.75 Å². The molecule has 2 amide bonds. The van der Waals surface area contributed by atoms with Gasteiger partial charge in [-0.1, -0.05) is 48.0 Å². The minimum Gasteiger partial charge on any atom is -0.494 e. The highest BCUT2D eigenvalue weighted by Crippen LogP contribution is 2.26. The third-order valence-electron chi connectivity index (χ3n) is 4.36. The van der Waals surface area contributed by atoms with Crippen molar-refractivity contribution in [3.63, 3.8) is 0 Å². The monoisotopic (exact) mass is 368 g/mol. The van der Waals surface area contributed by atoms with E-state index in [1.807, 2.05) is 76.2 Å². The molecule has 2 aromatic carbocycles. The molecule has 2 aromatic rings. The summed E-state index contributed by atoms with van der Waals surface area (Å²) in [7, 11) is 0. The molecule has 0 heterocycles. The molecule has 0 saturated heterocycles. The van der Waals surface area contributed by atoms with Gasteiger partial charge in [0, 0.05) is 18.7 Å². The summed E-state index contributed by atoms with van der Waals surface area (Å²) in [4.78, 5) is 26.7. The van der Waals surface area contributed by atoms with Crippen molar-refractivity contribution in [2.45, 2.75) is 40.3 Å². The van der Waals surface area contributed by atoms with Crippen molar-refractivity contribution in [2.24, 2.45) is 0 Å². The van der Waals surface area contributed by atoms with E-state index in [-0.39, 0.29) is 6.04 Å². The molecule has 1 N–H and O–H groups in total. The third kappa shape index (κ3) is 5.58. The fourth-order valence-electron chi connectivity index (χ4n) is 2.90. The molecule has 1 unspecified atom stereocenters. The zero-order chi connectivity index (χ0) is 19.8. The number of carbonyl (C=O) groups excluding carboxylic acids is 2. The molecule has 27 heavy (non-hydrogen) atoms. The summed E-state index contributed by atoms with van der Waals surface area (Å²) in [5.74, 6) is -0.414. The summed E-state index contributed by atoms with van der Waals surface area (Å²) in [6.45, 7) is 9.03. The number of benzene rings is 2. The van der Waals surface area contributed by atoms with Crippen LogP contribution >= 0.6 is 0 Å². The molecule has 0 radical (unpaired) electrons. The first kappa shape index (κ1) is 20.5. The summed E-state index contributed by atoms with van der Waals surface area (Å²) in [5, 5.41) is 2.81. The maximum absolute atomic E-state index is 12.6. The summed E-state index contributed by atoms with van der Waals surface area (Å²) in [6.07, 6.45) is 0. The van der Waals surface area contributed by atoms with Crippen LogP contribution in [0.4, 0.5) is 0 Å². The molecule has 2 rings (SSSR count). The van der Waals surface area contributed by atoms with Gasteiger partial charge in [-0.25, -0.2) is 0 Å². The third-order valence-corrected chi connectivity index (χ3v) is 4.36. The van der Waals surface area contributed by atoms with Gasteiger partial charge in [0.1, 0.15) is 5.75 Å². The Hall–Kier alpha value is -2.82. The van der Waals surface area contributed by atoms with E-state index in [4.69, 9.17) is 4.74 Å². The number of likely N-dealkylation sites (N-methyl/N-ethyl adjacent to an activating group) is 1. The smallest absolute Gasteiger partial charge is 0.312 e. The molecule has 0 fully saturated rings. The molecule has 144 valence electrons. The molecule has 1 atom stereocenters. The van der Waals surface area contributed by atoms with Crippen molar-refractivity contribution in [1.29, 1.82) is 0 Å². The zero-order valence-electron chi connectivity index (χ0n) is 16.5. The first-order valence-corrected chi connectivity index (χ1v) is 9.33. The number of nitrogens with zero attached hydrogens (tertiary/aromatic N) is 1. The molecular formula is C22H28N2O3. The standard InChI is InChI=1S/C22H28N2O3/c1-5-24(15-18-10-8-7-9-11-18)22(26)21(25)23-17(4)19-14-16(3)12-13-20(19)27-6-2/h7-14,17H,5-6,15H2,1-4H3,(H,23,25). The zero-order valence-corrected chi connectivity index (χ0v) is 16.5. The highest BCUT2D eigenvalue weighted by atomic mass is 16.5. The van der Waals surface area contributed by atoms with E-state index in [0.29, 0.717) is 19.7 Å². The van der Waals surface area contributed by atoms with Gasteiger partial charge in [-0.05, 0) is 39.3 Å². The predicted octanol–water partition coefficient (Wildman–Crippen LogP) is 3.62. The van der Waals surface area contributed by atoms with Crippen LogP contribution in [0.3, 0.4) is 0 Å². The SMILES string of the molecule is CCOc1ccc(C)cc1C(C)NC(=O)C(=O)N(CC)Cc1ccccc1. The Balaban J connectivity index is 2.08.